The van der Waals surface area contributed by atoms with Crippen molar-refractivity contribution >= 4 is 0 Å². The molecule has 1 aromatic rings. The van der Waals surface area contributed by atoms with Crippen molar-refractivity contribution in [1.82, 2.24) is 4.98 Å². The summed E-state index contributed by atoms with van der Waals surface area (Å²) in [5, 5.41) is 0. The Morgan fingerprint density at radius 3 is 2.89 bits per heavy atom. The number of pyridine rings is 1. The molecule has 0 amide bonds. The van der Waals surface area contributed by atoms with Crippen LogP contribution >= 0.6 is 0 Å². The van der Waals surface area contributed by atoms with E-state index in [2.05, 4.69) is 18.0 Å². The van der Waals surface area contributed by atoms with E-state index in [1.54, 1.807) is 0 Å². The van der Waals surface area contributed by atoms with Crippen molar-refractivity contribution in [2.24, 2.45) is 5.73 Å². The third kappa shape index (κ3) is 4.04. The fourth-order valence-electron chi connectivity index (χ4n) is 3.22. The number of hydrogen-bond acceptors (Lipinski definition) is 2. The van der Waals surface area contributed by atoms with Gasteiger partial charge in [-0.3, -0.25) is 4.98 Å². The van der Waals surface area contributed by atoms with Gasteiger partial charge in [-0.15, -0.1) is 0 Å². The van der Waals surface area contributed by atoms with Gasteiger partial charge in [-0.25, -0.2) is 0 Å². The second-order valence-corrected chi connectivity index (χ2v) is 5.91. The maximum atomic E-state index is 6.39. The highest BCUT2D eigenvalue weighted by atomic mass is 14.7. The maximum Gasteiger partial charge on any atom is 0.0482 e. The molecule has 1 aromatic heterocycles. The molecule has 0 radical (unpaired) electrons. The SMILES string of the molecule is CCCCCCCCC(N)C1CCc2cccnc21. The molecule has 1 aliphatic carbocycles. The van der Waals surface area contributed by atoms with Crippen LogP contribution in [0.1, 0.15) is 75.5 Å². The molecule has 1 heterocycles. The minimum absolute atomic E-state index is 0.308. The lowest BCUT2D eigenvalue weighted by Crippen LogP contribution is -2.27. The average Bonchev–Trinajstić information content (AvgIpc) is 2.86. The first-order chi connectivity index (χ1) is 9.33. The molecule has 2 rings (SSSR count). The van der Waals surface area contributed by atoms with Gasteiger partial charge in [0.15, 0.2) is 0 Å². The summed E-state index contributed by atoms with van der Waals surface area (Å²) in [6.45, 7) is 2.26. The number of hydrogen-bond donors (Lipinski definition) is 1. The van der Waals surface area contributed by atoms with Gasteiger partial charge in [-0.2, -0.15) is 0 Å². The number of rotatable bonds is 8. The second kappa shape index (κ2) is 7.64. The zero-order valence-electron chi connectivity index (χ0n) is 12.3. The summed E-state index contributed by atoms with van der Waals surface area (Å²) >= 11 is 0. The molecular formula is C17H28N2. The smallest absolute Gasteiger partial charge is 0.0482 e. The van der Waals surface area contributed by atoms with Gasteiger partial charge in [-0.05, 0) is 30.9 Å². The summed E-state index contributed by atoms with van der Waals surface area (Å²) in [7, 11) is 0. The monoisotopic (exact) mass is 260 g/mol. The van der Waals surface area contributed by atoms with Gasteiger partial charge in [0, 0.05) is 23.9 Å². The zero-order valence-corrected chi connectivity index (χ0v) is 12.3. The topological polar surface area (TPSA) is 38.9 Å². The van der Waals surface area contributed by atoms with Crippen molar-refractivity contribution in [1.29, 1.82) is 0 Å². The molecule has 2 N–H and O–H groups in total. The van der Waals surface area contributed by atoms with Crippen LogP contribution in [0.4, 0.5) is 0 Å². The van der Waals surface area contributed by atoms with Crippen molar-refractivity contribution in [3.63, 3.8) is 0 Å². The van der Waals surface area contributed by atoms with E-state index in [4.69, 9.17) is 5.73 Å². The van der Waals surface area contributed by atoms with E-state index in [1.807, 2.05) is 12.3 Å². The molecule has 106 valence electrons. The second-order valence-electron chi connectivity index (χ2n) is 5.91. The Labute approximate surface area is 117 Å². The zero-order chi connectivity index (χ0) is 13.5. The molecule has 0 saturated carbocycles. The Kier molecular flexibility index (Phi) is 5.84. The van der Waals surface area contributed by atoms with Gasteiger partial charge in [0.2, 0.25) is 0 Å². The van der Waals surface area contributed by atoms with Crippen LogP contribution in [-0.2, 0) is 6.42 Å². The summed E-state index contributed by atoms with van der Waals surface area (Å²) < 4.78 is 0. The fourth-order valence-corrected chi connectivity index (χ4v) is 3.22. The van der Waals surface area contributed by atoms with E-state index in [0.29, 0.717) is 12.0 Å². The Morgan fingerprint density at radius 1 is 1.26 bits per heavy atom. The Morgan fingerprint density at radius 2 is 2.05 bits per heavy atom. The third-order valence-electron chi connectivity index (χ3n) is 4.41. The number of aromatic nitrogens is 1. The maximum absolute atomic E-state index is 6.39. The molecule has 2 unspecified atom stereocenters. The van der Waals surface area contributed by atoms with E-state index in [1.165, 1.54) is 56.2 Å². The van der Waals surface area contributed by atoms with Gasteiger partial charge in [-0.1, -0.05) is 51.5 Å². The molecule has 0 aromatic carbocycles. The van der Waals surface area contributed by atoms with Gasteiger partial charge in [0.1, 0.15) is 0 Å². The van der Waals surface area contributed by atoms with Gasteiger partial charge >= 0.3 is 0 Å². The van der Waals surface area contributed by atoms with E-state index >= 15 is 0 Å². The molecule has 0 aliphatic heterocycles. The van der Waals surface area contributed by atoms with Gasteiger partial charge < -0.3 is 5.73 Å². The lowest BCUT2D eigenvalue weighted by atomic mass is 9.93. The first-order valence-electron chi connectivity index (χ1n) is 8.02. The first kappa shape index (κ1) is 14.5. The standard InChI is InChI=1S/C17H28N2/c1-2-3-4-5-6-7-10-16(18)15-12-11-14-9-8-13-19-17(14)15/h8-9,13,15-16H,2-7,10-12,18H2,1H3. The van der Waals surface area contributed by atoms with Gasteiger partial charge in [0.05, 0.1) is 0 Å². The van der Waals surface area contributed by atoms with E-state index in [9.17, 15) is 0 Å². The predicted molar refractivity (Wildman–Crippen MR) is 81.3 cm³/mol. The summed E-state index contributed by atoms with van der Waals surface area (Å²) in [5.41, 5.74) is 9.10. The number of nitrogens with two attached hydrogens (primary N) is 1. The third-order valence-corrected chi connectivity index (χ3v) is 4.41. The lowest BCUT2D eigenvalue weighted by molar-refractivity contribution is 0.461. The highest BCUT2D eigenvalue weighted by Crippen LogP contribution is 2.34. The van der Waals surface area contributed by atoms with Crippen LogP contribution in [0.15, 0.2) is 18.3 Å². The Hall–Kier alpha value is -0.890. The Bertz CT molecular complexity index is 375. The molecule has 2 heteroatoms. The molecule has 2 atom stereocenters. The van der Waals surface area contributed by atoms with Crippen LogP contribution in [0.5, 0.6) is 0 Å². The normalized spacial score (nSPS) is 19.4. The molecule has 1 aliphatic rings. The van der Waals surface area contributed by atoms with Crippen LogP contribution in [0.25, 0.3) is 0 Å². The van der Waals surface area contributed by atoms with Crippen LogP contribution in [0.2, 0.25) is 0 Å². The molecule has 0 spiro atoms. The van der Waals surface area contributed by atoms with Crippen molar-refractivity contribution in [2.75, 3.05) is 0 Å². The molecular weight excluding hydrogens is 232 g/mol. The highest BCUT2D eigenvalue weighted by Gasteiger charge is 2.28. The van der Waals surface area contributed by atoms with Crippen molar-refractivity contribution in [3.8, 4) is 0 Å². The summed E-state index contributed by atoms with van der Waals surface area (Å²) in [4.78, 5) is 4.55. The van der Waals surface area contributed by atoms with Crippen LogP contribution in [-0.4, -0.2) is 11.0 Å². The molecule has 2 nitrogen and oxygen atoms in total. The van der Waals surface area contributed by atoms with Gasteiger partial charge in [0.25, 0.3) is 0 Å². The number of aryl methyl sites for hydroxylation is 1. The average molecular weight is 260 g/mol. The molecule has 0 saturated heterocycles. The minimum atomic E-state index is 0.308. The van der Waals surface area contributed by atoms with Crippen molar-refractivity contribution in [3.05, 3.63) is 29.6 Å². The molecule has 0 bridgehead atoms. The lowest BCUT2D eigenvalue weighted by Gasteiger charge is -2.19. The largest absolute Gasteiger partial charge is 0.327 e. The predicted octanol–water partition coefficient (Wildman–Crippen LogP) is 4.19. The first-order valence-corrected chi connectivity index (χ1v) is 8.02. The van der Waals surface area contributed by atoms with Crippen molar-refractivity contribution in [2.45, 2.75) is 76.7 Å². The number of unbranched alkanes of at least 4 members (excludes halogenated alkanes) is 5. The van der Waals surface area contributed by atoms with Crippen LogP contribution in [0.3, 0.4) is 0 Å². The van der Waals surface area contributed by atoms with E-state index < -0.39 is 0 Å². The summed E-state index contributed by atoms with van der Waals surface area (Å²) in [6.07, 6.45) is 13.5. The summed E-state index contributed by atoms with van der Waals surface area (Å²) in [6, 6.07) is 4.56. The number of fused-ring (bicyclic) bond motifs is 1. The highest BCUT2D eigenvalue weighted by molar-refractivity contribution is 5.29. The molecule has 0 fully saturated rings. The summed E-state index contributed by atoms with van der Waals surface area (Å²) in [5.74, 6) is 0.506. The van der Waals surface area contributed by atoms with Crippen LogP contribution in [0, 0.1) is 0 Å². The van der Waals surface area contributed by atoms with Crippen LogP contribution < -0.4 is 5.73 Å². The van der Waals surface area contributed by atoms with E-state index in [0.717, 1.165) is 12.8 Å². The molecule has 19 heavy (non-hydrogen) atoms. The minimum Gasteiger partial charge on any atom is -0.327 e. The van der Waals surface area contributed by atoms with E-state index in [-0.39, 0.29) is 0 Å². The quantitative estimate of drug-likeness (QED) is 0.712. The number of nitrogens with zero attached hydrogens (tertiary/aromatic N) is 1. The fraction of sp³-hybridized carbons (Fsp3) is 0.706. The Balaban J connectivity index is 1.71. The van der Waals surface area contributed by atoms with Crippen molar-refractivity contribution < 1.29 is 0 Å².